The third kappa shape index (κ3) is 4.81. The lowest BCUT2D eigenvalue weighted by atomic mass is 10.1. The van der Waals surface area contributed by atoms with Gasteiger partial charge < -0.3 is 9.84 Å². The number of sulfonamides is 1. The van der Waals surface area contributed by atoms with E-state index in [1.54, 1.807) is 0 Å². The van der Waals surface area contributed by atoms with Crippen molar-refractivity contribution in [3.8, 4) is 5.75 Å². The van der Waals surface area contributed by atoms with Gasteiger partial charge in [0, 0.05) is 12.6 Å². The molecule has 0 aliphatic heterocycles. The summed E-state index contributed by atoms with van der Waals surface area (Å²) in [6.07, 6.45) is 0. The molecular weight excluding hydrogens is 266 g/mol. The van der Waals surface area contributed by atoms with E-state index in [9.17, 15) is 13.5 Å². The quantitative estimate of drug-likeness (QED) is 0.801. The molecule has 0 amide bonds. The predicted octanol–water partition coefficient (Wildman–Crippen LogP) is 1.73. The largest absolute Gasteiger partial charge is 0.508 e. The van der Waals surface area contributed by atoms with Gasteiger partial charge in [-0.25, -0.2) is 13.1 Å². The van der Waals surface area contributed by atoms with E-state index >= 15 is 0 Å². The normalized spacial score (nSPS) is 13.7. The van der Waals surface area contributed by atoms with Crippen LogP contribution in [-0.2, 0) is 14.8 Å². The third-order valence-electron chi connectivity index (χ3n) is 2.76. The zero-order valence-corrected chi connectivity index (χ0v) is 12.3. The summed E-state index contributed by atoms with van der Waals surface area (Å²) in [6, 6.07) is 5.16. The average molecular weight is 287 g/mol. The van der Waals surface area contributed by atoms with Gasteiger partial charge in [-0.1, -0.05) is 13.8 Å². The first-order valence-corrected chi connectivity index (χ1v) is 7.74. The highest BCUT2D eigenvalue weighted by atomic mass is 32.2. The highest BCUT2D eigenvalue weighted by Gasteiger charge is 2.22. The van der Waals surface area contributed by atoms with E-state index in [0.29, 0.717) is 13.2 Å². The fraction of sp³-hybridized carbons (Fsp3) is 0.538. The lowest BCUT2D eigenvalue weighted by Gasteiger charge is -2.22. The molecule has 1 aromatic carbocycles. The van der Waals surface area contributed by atoms with Crippen molar-refractivity contribution < 1.29 is 18.3 Å². The van der Waals surface area contributed by atoms with Crippen LogP contribution in [0.25, 0.3) is 0 Å². The molecule has 0 aliphatic rings. The Morgan fingerprint density at radius 2 is 1.84 bits per heavy atom. The number of phenolic OH excluding ortho intramolecular Hbond substituents is 1. The van der Waals surface area contributed by atoms with Crippen molar-refractivity contribution in [1.29, 1.82) is 0 Å². The molecule has 0 aliphatic carbocycles. The van der Waals surface area contributed by atoms with Crippen molar-refractivity contribution in [2.24, 2.45) is 5.92 Å². The van der Waals surface area contributed by atoms with E-state index in [-0.39, 0.29) is 22.6 Å². The van der Waals surface area contributed by atoms with Gasteiger partial charge in [0.2, 0.25) is 10.0 Å². The summed E-state index contributed by atoms with van der Waals surface area (Å²) in [6.45, 7) is 6.62. The number of hydrogen-bond acceptors (Lipinski definition) is 4. The van der Waals surface area contributed by atoms with Crippen LogP contribution in [0.3, 0.4) is 0 Å². The Bertz CT molecular complexity index is 482. The molecular formula is C13H21NO4S. The van der Waals surface area contributed by atoms with Gasteiger partial charge in [0.1, 0.15) is 5.75 Å². The Morgan fingerprint density at radius 1 is 1.26 bits per heavy atom. The lowest BCUT2D eigenvalue weighted by Crippen LogP contribution is -2.41. The number of ether oxygens (including phenoxy) is 1. The molecule has 0 bridgehead atoms. The Balaban J connectivity index is 2.84. The molecule has 0 saturated heterocycles. The molecule has 1 rings (SSSR count). The summed E-state index contributed by atoms with van der Waals surface area (Å²) < 4.78 is 32.3. The minimum atomic E-state index is -3.59. The number of phenols is 1. The molecule has 0 heterocycles. The van der Waals surface area contributed by atoms with Gasteiger partial charge in [-0.15, -0.1) is 0 Å². The summed E-state index contributed by atoms with van der Waals surface area (Å²) in [7, 11) is -3.59. The summed E-state index contributed by atoms with van der Waals surface area (Å²) in [5.74, 6) is 0.159. The fourth-order valence-electron chi connectivity index (χ4n) is 1.50. The van der Waals surface area contributed by atoms with Crippen LogP contribution in [0.5, 0.6) is 5.75 Å². The molecule has 6 heteroatoms. The minimum absolute atomic E-state index is 0.0358. The van der Waals surface area contributed by atoms with Crippen molar-refractivity contribution in [2.75, 3.05) is 13.2 Å². The van der Waals surface area contributed by atoms with Crippen molar-refractivity contribution in [2.45, 2.75) is 31.7 Å². The highest BCUT2D eigenvalue weighted by Crippen LogP contribution is 2.15. The predicted molar refractivity (Wildman–Crippen MR) is 73.5 cm³/mol. The first-order chi connectivity index (χ1) is 8.86. The van der Waals surface area contributed by atoms with Crippen LogP contribution in [0.15, 0.2) is 29.2 Å². The molecule has 108 valence electrons. The van der Waals surface area contributed by atoms with Crippen molar-refractivity contribution in [1.82, 2.24) is 4.72 Å². The molecule has 1 aromatic rings. The van der Waals surface area contributed by atoms with Crippen LogP contribution >= 0.6 is 0 Å². The van der Waals surface area contributed by atoms with Crippen LogP contribution in [-0.4, -0.2) is 32.8 Å². The molecule has 0 aromatic heterocycles. The minimum Gasteiger partial charge on any atom is -0.508 e. The number of rotatable bonds is 7. The van der Waals surface area contributed by atoms with E-state index < -0.39 is 10.0 Å². The van der Waals surface area contributed by atoms with Gasteiger partial charge >= 0.3 is 0 Å². The fourth-order valence-corrected chi connectivity index (χ4v) is 2.87. The molecule has 5 nitrogen and oxygen atoms in total. The summed E-state index contributed by atoms with van der Waals surface area (Å²) in [4.78, 5) is 0.132. The molecule has 0 spiro atoms. The van der Waals surface area contributed by atoms with Gasteiger partial charge in [0.15, 0.2) is 0 Å². The number of aromatic hydroxyl groups is 1. The smallest absolute Gasteiger partial charge is 0.240 e. The standard InChI is InChI=1S/C13H21NO4S/c1-4-18-9-13(10(2)3)14-19(16,17)12-7-5-11(15)6-8-12/h5-8,10,13-15H,4,9H2,1-3H3. The molecule has 0 fully saturated rings. The molecule has 2 N–H and O–H groups in total. The van der Waals surface area contributed by atoms with Gasteiger partial charge in [-0.3, -0.25) is 0 Å². The monoisotopic (exact) mass is 287 g/mol. The van der Waals surface area contributed by atoms with Gasteiger partial charge in [-0.2, -0.15) is 0 Å². The summed E-state index contributed by atoms with van der Waals surface area (Å²) in [5.41, 5.74) is 0. The zero-order valence-electron chi connectivity index (χ0n) is 11.5. The summed E-state index contributed by atoms with van der Waals surface area (Å²) >= 11 is 0. The maximum atomic E-state index is 12.2. The summed E-state index contributed by atoms with van der Waals surface area (Å²) in [5, 5.41) is 9.17. The topological polar surface area (TPSA) is 75.6 Å². The maximum absolute atomic E-state index is 12.2. The molecule has 0 radical (unpaired) electrons. The number of benzene rings is 1. The SMILES string of the molecule is CCOCC(NS(=O)(=O)c1ccc(O)cc1)C(C)C. The van der Waals surface area contributed by atoms with E-state index in [2.05, 4.69) is 4.72 Å². The van der Waals surface area contributed by atoms with Crippen molar-refractivity contribution >= 4 is 10.0 Å². The highest BCUT2D eigenvalue weighted by molar-refractivity contribution is 7.89. The Kier molecular flexibility index (Phi) is 5.78. The molecule has 0 saturated carbocycles. The molecule has 19 heavy (non-hydrogen) atoms. The Labute approximate surface area is 114 Å². The van der Waals surface area contributed by atoms with E-state index in [4.69, 9.17) is 4.74 Å². The van der Waals surface area contributed by atoms with Crippen molar-refractivity contribution in [3.05, 3.63) is 24.3 Å². The second kappa shape index (κ2) is 6.88. The number of nitrogens with one attached hydrogen (secondary N) is 1. The van der Waals surface area contributed by atoms with Crippen molar-refractivity contribution in [3.63, 3.8) is 0 Å². The Morgan fingerprint density at radius 3 is 2.32 bits per heavy atom. The first-order valence-electron chi connectivity index (χ1n) is 6.26. The second-order valence-corrected chi connectivity index (χ2v) is 6.34. The van der Waals surface area contributed by atoms with Crippen LogP contribution in [0.1, 0.15) is 20.8 Å². The van der Waals surface area contributed by atoms with Gasteiger partial charge in [0.25, 0.3) is 0 Å². The molecule has 1 unspecified atom stereocenters. The maximum Gasteiger partial charge on any atom is 0.240 e. The lowest BCUT2D eigenvalue weighted by molar-refractivity contribution is 0.116. The van der Waals surface area contributed by atoms with E-state index in [1.807, 2.05) is 20.8 Å². The molecule has 1 atom stereocenters. The Hall–Kier alpha value is -1.11. The van der Waals surface area contributed by atoms with E-state index in [1.165, 1.54) is 24.3 Å². The van der Waals surface area contributed by atoms with Crippen LogP contribution in [0, 0.1) is 5.92 Å². The number of hydrogen-bond donors (Lipinski definition) is 2. The van der Waals surface area contributed by atoms with Crippen LogP contribution in [0.2, 0.25) is 0 Å². The first kappa shape index (κ1) is 15.9. The average Bonchev–Trinajstić information content (AvgIpc) is 2.34. The third-order valence-corrected chi connectivity index (χ3v) is 4.27. The second-order valence-electron chi connectivity index (χ2n) is 4.63. The van der Waals surface area contributed by atoms with Crippen LogP contribution < -0.4 is 4.72 Å². The van der Waals surface area contributed by atoms with Gasteiger partial charge in [0.05, 0.1) is 11.5 Å². The zero-order chi connectivity index (χ0) is 14.5. The van der Waals surface area contributed by atoms with Crippen LogP contribution in [0.4, 0.5) is 0 Å². The van der Waals surface area contributed by atoms with E-state index in [0.717, 1.165) is 0 Å². The van der Waals surface area contributed by atoms with Gasteiger partial charge in [-0.05, 0) is 37.1 Å².